The van der Waals surface area contributed by atoms with Crippen LogP contribution in [0.4, 0.5) is 0 Å². The van der Waals surface area contributed by atoms with Gasteiger partial charge in [0.2, 0.25) is 0 Å². The highest BCUT2D eigenvalue weighted by molar-refractivity contribution is 5.13. The molecule has 0 saturated carbocycles. The number of hydrogen-bond donors (Lipinski definition) is 1. The quantitative estimate of drug-likeness (QED) is 0.893. The third kappa shape index (κ3) is 3.43. The van der Waals surface area contributed by atoms with Crippen molar-refractivity contribution in [2.24, 2.45) is 0 Å². The Hall–Kier alpha value is -0.840. The van der Waals surface area contributed by atoms with Gasteiger partial charge in [0.1, 0.15) is 5.76 Å². The van der Waals surface area contributed by atoms with E-state index in [1.165, 1.54) is 44.6 Å². The molecule has 1 unspecified atom stereocenters. The van der Waals surface area contributed by atoms with Crippen molar-refractivity contribution < 1.29 is 4.42 Å². The van der Waals surface area contributed by atoms with Crippen LogP contribution >= 0.6 is 0 Å². The second-order valence-electron chi connectivity index (χ2n) is 6.52. The summed E-state index contributed by atoms with van der Waals surface area (Å²) in [4.78, 5) is 5.20. The lowest BCUT2D eigenvalue weighted by molar-refractivity contribution is 0.0941. The highest BCUT2D eigenvalue weighted by Crippen LogP contribution is 2.22. The number of nitrogens with one attached hydrogen (secondary N) is 1. The molecule has 2 aliphatic heterocycles. The first kappa shape index (κ1) is 14.1. The average molecular weight is 277 g/mol. The van der Waals surface area contributed by atoms with Crippen LogP contribution in [0, 0.1) is 0 Å². The molecule has 1 aromatic rings. The lowest BCUT2D eigenvalue weighted by Gasteiger charge is -2.37. The van der Waals surface area contributed by atoms with E-state index in [1.807, 2.05) is 6.26 Å². The van der Waals surface area contributed by atoms with Gasteiger partial charge >= 0.3 is 0 Å². The van der Waals surface area contributed by atoms with E-state index in [0.717, 1.165) is 24.9 Å². The second-order valence-corrected chi connectivity index (χ2v) is 6.52. The molecule has 3 rings (SSSR count). The molecule has 1 N–H and O–H groups in total. The second kappa shape index (κ2) is 6.29. The molecule has 0 spiro atoms. The van der Waals surface area contributed by atoms with E-state index in [2.05, 4.69) is 35.0 Å². The predicted molar refractivity (Wildman–Crippen MR) is 80.6 cm³/mol. The van der Waals surface area contributed by atoms with Crippen molar-refractivity contribution in [1.29, 1.82) is 0 Å². The summed E-state index contributed by atoms with van der Waals surface area (Å²) in [5.41, 5.74) is 1.26. The number of rotatable bonds is 5. The van der Waals surface area contributed by atoms with Crippen LogP contribution in [0.25, 0.3) is 0 Å². The summed E-state index contributed by atoms with van der Waals surface area (Å²) < 4.78 is 5.72. The topological polar surface area (TPSA) is 31.7 Å². The van der Waals surface area contributed by atoms with Gasteiger partial charge in [0.15, 0.2) is 0 Å². The van der Waals surface area contributed by atoms with Crippen LogP contribution in [0.2, 0.25) is 0 Å². The fraction of sp³-hybridized carbons (Fsp3) is 0.750. The Balaban J connectivity index is 1.50. The van der Waals surface area contributed by atoms with Gasteiger partial charge in [-0.1, -0.05) is 13.8 Å². The summed E-state index contributed by atoms with van der Waals surface area (Å²) >= 11 is 0. The molecule has 0 radical (unpaired) electrons. The molecule has 20 heavy (non-hydrogen) atoms. The smallest absolute Gasteiger partial charge is 0.118 e. The Morgan fingerprint density at radius 3 is 3.10 bits per heavy atom. The van der Waals surface area contributed by atoms with Crippen molar-refractivity contribution in [3.63, 3.8) is 0 Å². The van der Waals surface area contributed by atoms with Gasteiger partial charge in [-0.3, -0.25) is 9.80 Å². The molecule has 1 atom stereocenters. The zero-order valence-electron chi connectivity index (χ0n) is 12.8. The fourth-order valence-corrected chi connectivity index (χ4v) is 3.34. The zero-order chi connectivity index (χ0) is 13.9. The van der Waals surface area contributed by atoms with Gasteiger partial charge in [0.05, 0.1) is 12.8 Å². The minimum atomic E-state index is 0.517. The van der Waals surface area contributed by atoms with Crippen molar-refractivity contribution >= 4 is 0 Å². The number of nitrogens with zero attached hydrogens (tertiary/aromatic N) is 2. The first-order valence-corrected chi connectivity index (χ1v) is 7.97. The van der Waals surface area contributed by atoms with Gasteiger partial charge in [-0.25, -0.2) is 0 Å². The predicted octanol–water partition coefficient (Wildman–Crippen LogP) is 2.06. The van der Waals surface area contributed by atoms with E-state index in [9.17, 15) is 0 Å². The van der Waals surface area contributed by atoms with Crippen LogP contribution in [-0.4, -0.2) is 48.1 Å². The van der Waals surface area contributed by atoms with E-state index in [-0.39, 0.29) is 0 Å². The van der Waals surface area contributed by atoms with Gasteiger partial charge in [-0.05, 0) is 25.5 Å². The van der Waals surface area contributed by atoms with Crippen LogP contribution in [0.3, 0.4) is 0 Å². The van der Waals surface area contributed by atoms with Gasteiger partial charge in [-0.15, -0.1) is 0 Å². The molecule has 4 nitrogen and oxygen atoms in total. The van der Waals surface area contributed by atoms with E-state index < -0.39 is 0 Å². The first-order valence-electron chi connectivity index (χ1n) is 7.97. The molecule has 1 aromatic heterocycles. The maximum absolute atomic E-state index is 5.72. The van der Waals surface area contributed by atoms with E-state index in [1.54, 1.807) is 0 Å². The summed E-state index contributed by atoms with van der Waals surface area (Å²) in [6.07, 6.45) is 4.65. The molecule has 2 fully saturated rings. The summed E-state index contributed by atoms with van der Waals surface area (Å²) in [5, 5.41) is 3.43. The summed E-state index contributed by atoms with van der Waals surface area (Å²) in [7, 11) is 0. The molecule has 4 heteroatoms. The monoisotopic (exact) mass is 277 g/mol. The van der Waals surface area contributed by atoms with Crippen LogP contribution in [0.1, 0.15) is 38.0 Å². The molecule has 0 amide bonds. The highest BCUT2D eigenvalue weighted by atomic mass is 16.3. The van der Waals surface area contributed by atoms with Gasteiger partial charge in [0, 0.05) is 43.8 Å². The SMILES string of the molecule is CC(C)NCc1coc(CN2CCN3CCCC3C2)c1. The Labute approximate surface area is 122 Å². The van der Waals surface area contributed by atoms with Crippen LogP contribution < -0.4 is 5.32 Å². The minimum absolute atomic E-state index is 0.517. The third-order valence-electron chi connectivity index (χ3n) is 4.47. The van der Waals surface area contributed by atoms with Crippen LogP contribution in [0.5, 0.6) is 0 Å². The molecule has 112 valence electrons. The molecule has 0 aliphatic carbocycles. The Kier molecular flexibility index (Phi) is 4.44. The number of furan rings is 1. The molecule has 2 saturated heterocycles. The van der Waals surface area contributed by atoms with E-state index in [0.29, 0.717) is 6.04 Å². The summed E-state index contributed by atoms with van der Waals surface area (Å²) in [6.45, 7) is 11.1. The highest BCUT2D eigenvalue weighted by Gasteiger charge is 2.30. The largest absolute Gasteiger partial charge is 0.468 e. The van der Waals surface area contributed by atoms with Gasteiger partial charge < -0.3 is 9.73 Å². The van der Waals surface area contributed by atoms with Crippen molar-refractivity contribution in [1.82, 2.24) is 15.1 Å². The van der Waals surface area contributed by atoms with Crippen LogP contribution in [-0.2, 0) is 13.1 Å². The van der Waals surface area contributed by atoms with Crippen molar-refractivity contribution in [2.75, 3.05) is 26.2 Å². The average Bonchev–Trinajstić information content (AvgIpc) is 3.04. The van der Waals surface area contributed by atoms with Crippen molar-refractivity contribution in [3.05, 3.63) is 23.7 Å². The molecular formula is C16H27N3O. The zero-order valence-corrected chi connectivity index (χ0v) is 12.8. The maximum Gasteiger partial charge on any atom is 0.118 e. The lowest BCUT2D eigenvalue weighted by atomic mass is 10.1. The standard InChI is InChI=1S/C16H27N3O/c1-13(2)17-9-14-8-16(20-12-14)11-18-6-7-19-5-3-4-15(19)10-18/h8,12-13,15,17H,3-7,9-11H2,1-2H3. The Bertz CT molecular complexity index is 429. The maximum atomic E-state index is 5.72. The summed E-state index contributed by atoms with van der Waals surface area (Å²) in [5.74, 6) is 1.11. The third-order valence-corrected chi connectivity index (χ3v) is 4.47. The van der Waals surface area contributed by atoms with Gasteiger partial charge in [0.25, 0.3) is 0 Å². The lowest BCUT2D eigenvalue weighted by Crippen LogP contribution is -2.49. The van der Waals surface area contributed by atoms with Crippen LogP contribution in [0.15, 0.2) is 16.7 Å². The molecule has 0 aromatic carbocycles. The normalized spacial score (nSPS) is 24.4. The molecule has 3 heterocycles. The van der Waals surface area contributed by atoms with Crippen molar-refractivity contribution in [2.45, 2.75) is 51.9 Å². The Morgan fingerprint density at radius 2 is 2.25 bits per heavy atom. The van der Waals surface area contributed by atoms with Crippen molar-refractivity contribution in [3.8, 4) is 0 Å². The van der Waals surface area contributed by atoms with Gasteiger partial charge in [-0.2, -0.15) is 0 Å². The minimum Gasteiger partial charge on any atom is -0.468 e. The number of fused-ring (bicyclic) bond motifs is 1. The number of piperazine rings is 1. The first-order chi connectivity index (χ1) is 9.70. The number of hydrogen-bond acceptors (Lipinski definition) is 4. The Morgan fingerprint density at radius 1 is 1.35 bits per heavy atom. The molecule has 0 bridgehead atoms. The molecular weight excluding hydrogens is 250 g/mol. The van der Waals surface area contributed by atoms with E-state index in [4.69, 9.17) is 4.42 Å². The van der Waals surface area contributed by atoms with E-state index >= 15 is 0 Å². The summed E-state index contributed by atoms with van der Waals surface area (Å²) in [6, 6.07) is 3.51. The molecule has 2 aliphatic rings. The fourth-order valence-electron chi connectivity index (χ4n) is 3.34.